The third-order valence-electron chi connectivity index (χ3n) is 5.39. The molecular formula is C23H27N3O6S2. The van der Waals surface area contributed by atoms with E-state index >= 15 is 0 Å². The van der Waals surface area contributed by atoms with Crippen LogP contribution in [0.2, 0.25) is 0 Å². The van der Waals surface area contributed by atoms with Crippen molar-refractivity contribution in [3.63, 3.8) is 0 Å². The van der Waals surface area contributed by atoms with E-state index in [4.69, 9.17) is 14.2 Å². The Hall–Kier alpha value is -2.57. The number of nitrogens with zero attached hydrogens (tertiary/aromatic N) is 3. The molecule has 0 bridgehead atoms. The summed E-state index contributed by atoms with van der Waals surface area (Å²) in [5, 5.41) is 0. The van der Waals surface area contributed by atoms with Gasteiger partial charge in [-0.05, 0) is 49.4 Å². The number of amides is 1. The second kappa shape index (κ2) is 10.8. The summed E-state index contributed by atoms with van der Waals surface area (Å²) >= 11 is 1.39. The number of fused-ring (bicyclic) bond motifs is 1. The number of carbonyl (C=O) groups is 1. The van der Waals surface area contributed by atoms with E-state index in [1.165, 1.54) is 39.9 Å². The molecule has 0 atom stereocenters. The molecule has 1 saturated heterocycles. The molecule has 1 aliphatic rings. The van der Waals surface area contributed by atoms with Gasteiger partial charge < -0.3 is 18.8 Å². The summed E-state index contributed by atoms with van der Waals surface area (Å²) < 4.78 is 46.0. The van der Waals surface area contributed by atoms with E-state index in [0.29, 0.717) is 56.4 Å². The lowest BCUT2D eigenvalue weighted by atomic mass is 10.2. The lowest BCUT2D eigenvalue weighted by Gasteiger charge is -2.26. The van der Waals surface area contributed by atoms with Crippen molar-refractivity contribution in [1.29, 1.82) is 0 Å². The molecule has 0 radical (unpaired) electrons. The minimum absolute atomic E-state index is 0.145. The summed E-state index contributed by atoms with van der Waals surface area (Å²) in [6.45, 7) is 4.87. The number of carbonyl (C=O) groups excluding carboxylic acids is 1. The first-order chi connectivity index (χ1) is 16.4. The fourth-order valence-electron chi connectivity index (χ4n) is 3.65. The summed E-state index contributed by atoms with van der Waals surface area (Å²) in [7, 11) is -2.00. The van der Waals surface area contributed by atoms with Crippen molar-refractivity contribution >= 4 is 37.5 Å². The topological polar surface area (TPSA) is 99.4 Å². The maximum atomic E-state index is 12.9. The summed E-state index contributed by atoms with van der Waals surface area (Å²) in [5.41, 5.74) is 1.25. The molecule has 0 unspecified atom stereocenters. The standard InChI is InChI=1S/C23H27N3O6S2/c1-3-32-18-6-9-20-21(16-18)33-23(26(20)12-13-30-2)24-22(27)17-4-7-19(8-5-17)34(28,29)25-10-14-31-15-11-25/h4-9,16H,3,10-15H2,1-2H3. The molecule has 2 aromatic carbocycles. The lowest BCUT2D eigenvalue weighted by molar-refractivity contribution is 0.0730. The fourth-order valence-corrected chi connectivity index (χ4v) is 6.14. The normalized spacial score (nSPS) is 15.6. The van der Waals surface area contributed by atoms with Crippen molar-refractivity contribution < 1.29 is 27.4 Å². The van der Waals surface area contributed by atoms with Crippen LogP contribution >= 0.6 is 11.3 Å². The number of rotatable bonds is 8. The molecule has 2 heterocycles. The highest BCUT2D eigenvalue weighted by Gasteiger charge is 2.26. The summed E-state index contributed by atoms with van der Waals surface area (Å²) in [6, 6.07) is 11.7. The average Bonchev–Trinajstić information content (AvgIpc) is 3.19. The zero-order valence-electron chi connectivity index (χ0n) is 19.1. The van der Waals surface area contributed by atoms with E-state index in [9.17, 15) is 13.2 Å². The van der Waals surface area contributed by atoms with Gasteiger partial charge in [-0.15, -0.1) is 0 Å². The maximum absolute atomic E-state index is 12.9. The molecule has 1 fully saturated rings. The van der Waals surface area contributed by atoms with E-state index in [0.717, 1.165) is 16.0 Å². The number of benzene rings is 2. The van der Waals surface area contributed by atoms with Crippen LogP contribution in [-0.4, -0.2) is 69.8 Å². The minimum atomic E-state index is -3.62. The van der Waals surface area contributed by atoms with E-state index in [-0.39, 0.29) is 4.90 Å². The van der Waals surface area contributed by atoms with Crippen molar-refractivity contribution in [3.8, 4) is 5.75 Å². The number of ether oxygens (including phenoxy) is 3. The largest absolute Gasteiger partial charge is 0.494 e. The number of hydrogen-bond acceptors (Lipinski definition) is 7. The van der Waals surface area contributed by atoms with Crippen molar-refractivity contribution in [2.75, 3.05) is 46.6 Å². The van der Waals surface area contributed by atoms with E-state index in [1.54, 1.807) is 7.11 Å². The van der Waals surface area contributed by atoms with Crippen LogP contribution in [0.15, 0.2) is 52.4 Å². The van der Waals surface area contributed by atoms with Crippen molar-refractivity contribution in [3.05, 3.63) is 52.8 Å². The molecule has 4 rings (SSSR count). The van der Waals surface area contributed by atoms with Gasteiger partial charge in [0.05, 0.1) is 41.5 Å². The fraction of sp³-hybridized carbons (Fsp3) is 0.391. The molecule has 34 heavy (non-hydrogen) atoms. The summed E-state index contributed by atoms with van der Waals surface area (Å²) in [6.07, 6.45) is 0. The number of sulfonamides is 1. The average molecular weight is 506 g/mol. The van der Waals surface area contributed by atoms with Gasteiger partial charge in [-0.3, -0.25) is 4.79 Å². The lowest BCUT2D eigenvalue weighted by Crippen LogP contribution is -2.40. The molecule has 11 heteroatoms. The Labute approximate surface area is 202 Å². The molecule has 1 aromatic heterocycles. The Morgan fingerprint density at radius 3 is 2.56 bits per heavy atom. The number of morpholine rings is 1. The molecule has 0 saturated carbocycles. The highest BCUT2D eigenvalue weighted by atomic mass is 32.2. The second-order valence-corrected chi connectivity index (χ2v) is 10.5. The van der Waals surface area contributed by atoms with E-state index in [2.05, 4.69) is 4.99 Å². The van der Waals surface area contributed by atoms with E-state index in [1.807, 2.05) is 29.7 Å². The molecule has 0 N–H and O–H groups in total. The molecule has 1 amide bonds. The third-order valence-corrected chi connectivity index (χ3v) is 8.34. The quantitative estimate of drug-likeness (QED) is 0.467. The monoisotopic (exact) mass is 505 g/mol. The van der Waals surface area contributed by atoms with Crippen LogP contribution in [-0.2, 0) is 26.0 Å². The van der Waals surface area contributed by atoms with Gasteiger partial charge in [0.25, 0.3) is 5.91 Å². The molecule has 0 spiro atoms. The van der Waals surface area contributed by atoms with Crippen molar-refractivity contribution in [1.82, 2.24) is 8.87 Å². The first kappa shape index (κ1) is 24.6. The van der Waals surface area contributed by atoms with Gasteiger partial charge in [0, 0.05) is 32.3 Å². The molecule has 9 nitrogen and oxygen atoms in total. The number of hydrogen-bond donors (Lipinski definition) is 0. The summed E-state index contributed by atoms with van der Waals surface area (Å²) in [4.78, 5) is 18.0. The van der Waals surface area contributed by atoms with Crippen LogP contribution < -0.4 is 9.54 Å². The number of methoxy groups -OCH3 is 1. The van der Waals surface area contributed by atoms with Gasteiger partial charge >= 0.3 is 0 Å². The molecule has 0 aliphatic carbocycles. The predicted molar refractivity (Wildman–Crippen MR) is 129 cm³/mol. The molecule has 1 aliphatic heterocycles. The maximum Gasteiger partial charge on any atom is 0.279 e. The van der Waals surface area contributed by atoms with Crippen LogP contribution in [0.4, 0.5) is 0 Å². The highest BCUT2D eigenvalue weighted by Crippen LogP contribution is 2.24. The molecular weight excluding hydrogens is 478 g/mol. The van der Waals surface area contributed by atoms with Gasteiger partial charge in [0.2, 0.25) is 10.0 Å². The minimum Gasteiger partial charge on any atom is -0.494 e. The smallest absolute Gasteiger partial charge is 0.279 e. The van der Waals surface area contributed by atoms with Crippen LogP contribution in [0.5, 0.6) is 5.75 Å². The Morgan fingerprint density at radius 1 is 1.15 bits per heavy atom. The van der Waals surface area contributed by atoms with Crippen LogP contribution in [0.25, 0.3) is 10.2 Å². The first-order valence-corrected chi connectivity index (χ1v) is 13.2. The van der Waals surface area contributed by atoms with Crippen molar-refractivity contribution in [2.24, 2.45) is 4.99 Å². The Bertz CT molecular complexity index is 1320. The summed E-state index contributed by atoms with van der Waals surface area (Å²) in [5.74, 6) is 0.308. The SMILES string of the molecule is CCOc1ccc2c(c1)sc(=NC(=O)c1ccc(S(=O)(=O)N3CCOCC3)cc1)n2CCOC. The Balaban J connectivity index is 1.64. The zero-order chi connectivity index (χ0) is 24.1. The Morgan fingerprint density at radius 2 is 1.88 bits per heavy atom. The van der Waals surface area contributed by atoms with Gasteiger partial charge in [0.15, 0.2) is 4.80 Å². The molecule has 182 valence electrons. The predicted octanol–water partition coefficient (Wildman–Crippen LogP) is 2.51. The number of aromatic nitrogens is 1. The number of thiazole rings is 1. The molecule has 3 aromatic rings. The van der Waals surface area contributed by atoms with Crippen LogP contribution in [0.1, 0.15) is 17.3 Å². The zero-order valence-corrected chi connectivity index (χ0v) is 20.7. The van der Waals surface area contributed by atoms with Crippen molar-refractivity contribution in [2.45, 2.75) is 18.4 Å². The Kier molecular flexibility index (Phi) is 7.79. The van der Waals surface area contributed by atoms with Gasteiger partial charge in [-0.2, -0.15) is 9.30 Å². The van der Waals surface area contributed by atoms with Crippen LogP contribution in [0.3, 0.4) is 0 Å². The van der Waals surface area contributed by atoms with Gasteiger partial charge in [-0.25, -0.2) is 8.42 Å². The van der Waals surface area contributed by atoms with Crippen LogP contribution in [0, 0.1) is 0 Å². The second-order valence-electron chi connectivity index (χ2n) is 7.55. The first-order valence-electron chi connectivity index (χ1n) is 11.0. The highest BCUT2D eigenvalue weighted by molar-refractivity contribution is 7.89. The van der Waals surface area contributed by atoms with Gasteiger partial charge in [0.1, 0.15) is 5.75 Å². The van der Waals surface area contributed by atoms with E-state index < -0.39 is 15.9 Å². The van der Waals surface area contributed by atoms with Gasteiger partial charge in [-0.1, -0.05) is 11.3 Å². The third kappa shape index (κ3) is 5.23.